The third-order valence-electron chi connectivity index (χ3n) is 10.1. The summed E-state index contributed by atoms with van der Waals surface area (Å²) in [6.45, 7) is 0.262. The second-order valence-electron chi connectivity index (χ2n) is 12.7. The van der Waals surface area contributed by atoms with Crippen molar-refractivity contribution < 1.29 is 58.3 Å². The molecule has 1 amide bonds. The van der Waals surface area contributed by atoms with Crippen molar-refractivity contribution >= 4 is 5.91 Å². The third kappa shape index (κ3) is 6.42. The molecular formula is C32H37ClF6N2O3. The van der Waals surface area contributed by atoms with Crippen LogP contribution in [0, 0.1) is 17.7 Å². The van der Waals surface area contributed by atoms with E-state index in [0.29, 0.717) is 56.4 Å². The number of alkyl halides is 5. The Labute approximate surface area is 259 Å². The maximum absolute atomic E-state index is 14.8. The summed E-state index contributed by atoms with van der Waals surface area (Å²) in [5.41, 5.74) is 1.11. The summed E-state index contributed by atoms with van der Waals surface area (Å²) in [4.78, 5) is 16.4. The molecule has 2 N–H and O–H groups in total. The minimum Gasteiger partial charge on any atom is -1.00 e. The van der Waals surface area contributed by atoms with E-state index in [0.717, 1.165) is 5.56 Å². The van der Waals surface area contributed by atoms with Crippen LogP contribution in [0.1, 0.15) is 61.1 Å². The fourth-order valence-electron chi connectivity index (χ4n) is 8.01. The highest BCUT2D eigenvalue weighted by molar-refractivity contribution is 5.82. The SMILES string of the molecule is O=C([C@@H]1C[NH2+]C[C@]12COCc1c(OCC(F)(F)F)cccc12)N1CC[C@@H](c2ccccc2F)CC1C1CCC(F)(F)CC1.[Cl-]. The van der Waals surface area contributed by atoms with E-state index < -0.39 is 30.0 Å². The van der Waals surface area contributed by atoms with Crippen molar-refractivity contribution in [2.24, 2.45) is 11.8 Å². The van der Waals surface area contributed by atoms with Crippen LogP contribution in [-0.4, -0.2) is 61.8 Å². The highest BCUT2D eigenvalue weighted by Crippen LogP contribution is 2.47. The molecule has 0 aromatic heterocycles. The van der Waals surface area contributed by atoms with Gasteiger partial charge in [-0.1, -0.05) is 30.3 Å². The van der Waals surface area contributed by atoms with Gasteiger partial charge in [-0.25, -0.2) is 13.2 Å². The number of fused-ring (bicyclic) bond motifs is 2. The number of hydrogen-bond donors (Lipinski definition) is 1. The molecule has 5 nitrogen and oxygen atoms in total. The first-order valence-electron chi connectivity index (χ1n) is 15.1. The Morgan fingerprint density at radius 1 is 1.07 bits per heavy atom. The predicted octanol–water partition coefficient (Wildman–Crippen LogP) is 2.33. The molecule has 0 bridgehead atoms. The van der Waals surface area contributed by atoms with Crippen LogP contribution in [0.15, 0.2) is 42.5 Å². The van der Waals surface area contributed by atoms with Gasteiger partial charge in [0.25, 0.3) is 0 Å². The van der Waals surface area contributed by atoms with E-state index in [2.05, 4.69) is 0 Å². The van der Waals surface area contributed by atoms with Gasteiger partial charge in [-0.15, -0.1) is 0 Å². The van der Waals surface area contributed by atoms with Crippen LogP contribution in [0.2, 0.25) is 0 Å². The number of halogens is 7. The molecule has 1 spiro atoms. The van der Waals surface area contributed by atoms with Crippen molar-refractivity contribution in [1.82, 2.24) is 4.90 Å². The molecule has 2 saturated heterocycles. The topological polar surface area (TPSA) is 55.4 Å². The van der Waals surface area contributed by atoms with Crippen LogP contribution in [0.25, 0.3) is 0 Å². The molecule has 0 radical (unpaired) electrons. The van der Waals surface area contributed by atoms with Gasteiger partial charge in [-0.3, -0.25) is 4.79 Å². The molecule has 2 aromatic carbocycles. The molecule has 44 heavy (non-hydrogen) atoms. The molecule has 2 aromatic rings. The van der Waals surface area contributed by atoms with Crippen molar-refractivity contribution in [2.45, 2.75) is 74.6 Å². The predicted molar refractivity (Wildman–Crippen MR) is 145 cm³/mol. The van der Waals surface area contributed by atoms with E-state index in [1.807, 2.05) is 16.3 Å². The van der Waals surface area contributed by atoms with Crippen LogP contribution in [0.5, 0.6) is 5.75 Å². The minimum atomic E-state index is -4.50. The Morgan fingerprint density at radius 3 is 2.55 bits per heavy atom. The van der Waals surface area contributed by atoms with Gasteiger partial charge in [0.05, 0.1) is 31.7 Å². The van der Waals surface area contributed by atoms with Gasteiger partial charge in [0.1, 0.15) is 17.5 Å². The Hall–Kier alpha value is -2.50. The zero-order valence-electron chi connectivity index (χ0n) is 24.2. The van der Waals surface area contributed by atoms with Gasteiger partial charge in [0.15, 0.2) is 6.61 Å². The first-order chi connectivity index (χ1) is 20.5. The number of benzene rings is 2. The number of likely N-dealkylation sites (tertiary alicyclic amines) is 1. The number of carbonyl (C=O) groups is 1. The molecule has 3 aliphatic heterocycles. The largest absolute Gasteiger partial charge is 1.00 e. The lowest BCUT2D eigenvalue weighted by atomic mass is 9.68. The van der Waals surface area contributed by atoms with Gasteiger partial charge >= 0.3 is 6.18 Å². The number of carbonyl (C=O) groups excluding carboxylic acids is 1. The number of nitrogens with zero attached hydrogens (tertiary/aromatic N) is 1. The second-order valence-corrected chi connectivity index (χ2v) is 12.7. The Morgan fingerprint density at radius 2 is 1.82 bits per heavy atom. The summed E-state index contributed by atoms with van der Waals surface area (Å²) in [7, 11) is 0. The molecule has 6 rings (SSSR count). The number of hydrogen-bond acceptors (Lipinski definition) is 3. The normalized spacial score (nSPS) is 28.8. The van der Waals surface area contributed by atoms with Crippen molar-refractivity contribution in [3.63, 3.8) is 0 Å². The summed E-state index contributed by atoms with van der Waals surface area (Å²) in [6.07, 6.45) is -3.33. The monoisotopic (exact) mass is 646 g/mol. The van der Waals surface area contributed by atoms with Crippen LogP contribution in [-0.2, 0) is 21.6 Å². The molecule has 1 aliphatic carbocycles. The quantitative estimate of drug-likeness (QED) is 0.508. The lowest BCUT2D eigenvalue weighted by Gasteiger charge is -2.47. The van der Waals surface area contributed by atoms with E-state index in [1.54, 1.807) is 24.3 Å². The highest BCUT2D eigenvalue weighted by atomic mass is 35.5. The van der Waals surface area contributed by atoms with E-state index in [-0.39, 0.29) is 73.8 Å². The Balaban J connectivity index is 0.00000384. The van der Waals surface area contributed by atoms with Gasteiger partial charge in [-0.2, -0.15) is 13.2 Å². The summed E-state index contributed by atoms with van der Waals surface area (Å²) < 4.78 is 93.1. The van der Waals surface area contributed by atoms with Gasteiger partial charge in [0.2, 0.25) is 11.8 Å². The molecule has 12 heteroatoms. The van der Waals surface area contributed by atoms with Crippen LogP contribution in [0.4, 0.5) is 26.3 Å². The van der Waals surface area contributed by atoms with Gasteiger partial charge in [-0.05, 0) is 60.8 Å². The van der Waals surface area contributed by atoms with Crippen LogP contribution < -0.4 is 22.5 Å². The molecule has 1 unspecified atom stereocenters. The smallest absolute Gasteiger partial charge is 0.422 e. The Kier molecular flexibility index (Phi) is 9.50. The lowest BCUT2D eigenvalue weighted by molar-refractivity contribution is -0.640. The summed E-state index contributed by atoms with van der Waals surface area (Å²) in [5.74, 6) is -3.80. The summed E-state index contributed by atoms with van der Waals surface area (Å²) >= 11 is 0. The average Bonchev–Trinajstić information content (AvgIpc) is 3.39. The third-order valence-corrected chi connectivity index (χ3v) is 10.1. The minimum absolute atomic E-state index is 0. The number of rotatable bonds is 5. The number of nitrogens with two attached hydrogens (primary N) is 1. The van der Waals surface area contributed by atoms with Crippen LogP contribution >= 0.6 is 0 Å². The van der Waals surface area contributed by atoms with Crippen molar-refractivity contribution in [1.29, 1.82) is 0 Å². The fraction of sp³-hybridized carbons (Fsp3) is 0.594. The fourth-order valence-corrected chi connectivity index (χ4v) is 8.01. The number of quaternary nitrogens is 1. The maximum atomic E-state index is 14.8. The average molecular weight is 647 g/mol. The highest BCUT2D eigenvalue weighted by Gasteiger charge is 2.56. The van der Waals surface area contributed by atoms with E-state index in [4.69, 9.17) is 9.47 Å². The van der Waals surface area contributed by atoms with E-state index >= 15 is 0 Å². The molecular weight excluding hydrogens is 610 g/mol. The maximum Gasteiger partial charge on any atom is 0.422 e. The van der Waals surface area contributed by atoms with E-state index in [1.165, 1.54) is 12.1 Å². The standard InChI is InChI=1S/C32H36F6N2O3.ClH/c33-26-6-2-1-4-22(26)21-10-13-40(27(14-21)20-8-11-31(34,35)12-9-20)29(41)25-15-39-17-30(25)18-42-16-23-24(30)5-3-7-28(23)43-19-32(36,37)38;/h1-7,20-21,25,27,39H,8-19H2;1H/t21-,25+,27?,30-;/m1./s1. The number of ether oxygens (including phenoxy) is 2. The molecule has 1 saturated carbocycles. The van der Waals surface area contributed by atoms with Crippen molar-refractivity contribution in [2.75, 3.05) is 32.8 Å². The molecule has 4 atom stereocenters. The summed E-state index contributed by atoms with van der Waals surface area (Å²) in [5, 5.41) is 2.03. The van der Waals surface area contributed by atoms with Crippen molar-refractivity contribution in [3.8, 4) is 5.75 Å². The molecule has 3 heterocycles. The van der Waals surface area contributed by atoms with Crippen LogP contribution in [0.3, 0.4) is 0 Å². The zero-order chi connectivity index (χ0) is 30.4. The lowest BCUT2D eigenvalue weighted by Crippen LogP contribution is -3.00. The molecule has 3 fully saturated rings. The number of piperidine rings is 1. The first-order valence-corrected chi connectivity index (χ1v) is 15.1. The molecule has 242 valence electrons. The van der Waals surface area contributed by atoms with Gasteiger partial charge in [0, 0.05) is 31.0 Å². The zero-order valence-corrected chi connectivity index (χ0v) is 25.0. The van der Waals surface area contributed by atoms with Crippen molar-refractivity contribution in [3.05, 3.63) is 65.0 Å². The second kappa shape index (κ2) is 12.7. The van der Waals surface area contributed by atoms with Gasteiger partial charge < -0.3 is 32.1 Å². The summed E-state index contributed by atoms with van der Waals surface area (Å²) in [6, 6.07) is 11.3. The Bertz CT molecular complexity index is 1330. The van der Waals surface area contributed by atoms with E-state index in [9.17, 15) is 31.1 Å². The molecule has 4 aliphatic rings. The first kappa shape index (κ1) is 32.9. The number of amides is 1.